The third kappa shape index (κ3) is 9.31. The number of amides is 1. The number of unbranched alkanes of at least 4 members (excludes halogenated alkanes) is 2. The van der Waals surface area contributed by atoms with E-state index < -0.39 is 0 Å². The molecule has 0 fully saturated rings. The molecule has 0 atom stereocenters. The zero-order valence-electron chi connectivity index (χ0n) is 35.6. The molecule has 5 aromatic carbocycles. The van der Waals surface area contributed by atoms with Crippen LogP contribution >= 0.6 is 0 Å². The number of rotatable bonds is 14. The maximum atomic E-state index is 13.0. The minimum absolute atomic E-state index is 0.215. The lowest BCUT2D eigenvalue weighted by molar-refractivity contribution is 0.102. The molecule has 1 amide bonds. The van der Waals surface area contributed by atoms with Gasteiger partial charge in [-0.2, -0.15) is 0 Å². The lowest BCUT2D eigenvalue weighted by atomic mass is 10.1. The standard InChI is InChI=1S/C28H26N4O2.C24H24N4O/c1-2-3-13-24-30-25-26(32(24)18-19-14-16-21(33)17-15-19)22-11-7-8-12-23(22)29-27(25)31-28(34)20-9-5-4-6-10-20;1-3-5-10-21-27-22-23(19-8-6-7-9-20(19)26-24(22)25)28(21)16-17-11-13-18(14-12-17)29-15-4-2/h4-12,14-17,33H,2-3,13,18H2,1H3,(H,29,31,34);2,6-9,11-14H,3,5,10,15-16H2,1H3,(H2,25,26). The summed E-state index contributed by atoms with van der Waals surface area (Å²) in [7, 11) is 0. The van der Waals surface area contributed by atoms with E-state index in [9.17, 15) is 9.90 Å². The van der Waals surface area contributed by atoms with Crippen molar-refractivity contribution in [2.45, 2.75) is 65.5 Å². The number of pyridine rings is 2. The van der Waals surface area contributed by atoms with Gasteiger partial charge in [0, 0.05) is 42.3 Å². The number of aromatic nitrogens is 6. The van der Waals surface area contributed by atoms with E-state index in [0.717, 1.165) is 105 Å². The van der Waals surface area contributed by atoms with Crippen LogP contribution in [0.15, 0.2) is 127 Å². The molecule has 0 saturated carbocycles. The molecule has 0 saturated heterocycles. The number of hydrogen-bond donors (Lipinski definition) is 3. The Morgan fingerprint density at radius 2 is 1.21 bits per heavy atom. The third-order valence-electron chi connectivity index (χ3n) is 11.0. The zero-order chi connectivity index (χ0) is 43.7. The lowest BCUT2D eigenvalue weighted by Crippen LogP contribution is -2.13. The number of carbonyl (C=O) groups is 1. The molecule has 0 aliphatic carbocycles. The van der Waals surface area contributed by atoms with Crippen LogP contribution in [0.1, 0.15) is 72.7 Å². The Balaban J connectivity index is 0.000000175. The third-order valence-corrected chi connectivity index (χ3v) is 11.0. The Morgan fingerprint density at radius 3 is 1.79 bits per heavy atom. The predicted molar refractivity (Wildman–Crippen MR) is 253 cm³/mol. The SMILES string of the molecule is C#CCOc1ccc(Cn2c(CCCC)nc3c(N)nc4ccccc4c32)cc1.CCCCc1nc2c(NC(=O)c3ccccc3)nc3ccccc3c2n1Cc1ccc(O)cc1. The van der Waals surface area contributed by atoms with Gasteiger partial charge in [-0.25, -0.2) is 19.9 Å². The Kier molecular flexibility index (Phi) is 12.9. The lowest BCUT2D eigenvalue weighted by Gasteiger charge is -2.12. The van der Waals surface area contributed by atoms with Gasteiger partial charge in [-0.1, -0.05) is 111 Å². The van der Waals surface area contributed by atoms with Crippen LogP contribution in [0.5, 0.6) is 11.5 Å². The minimum atomic E-state index is -0.215. The summed E-state index contributed by atoms with van der Waals surface area (Å²) in [5.74, 6) is 6.22. The largest absolute Gasteiger partial charge is 0.508 e. The molecule has 4 heterocycles. The van der Waals surface area contributed by atoms with Crippen molar-refractivity contribution in [3.05, 3.63) is 156 Å². The van der Waals surface area contributed by atoms with Gasteiger partial charge in [-0.05, 0) is 72.5 Å². The molecule has 0 unspecified atom stereocenters. The normalized spacial score (nSPS) is 11.1. The number of fused-ring (bicyclic) bond motifs is 6. The number of benzene rings is 5. The number of aromatic hydroxyl groups is 1. The molecule has 0 bridgehead atoms. The van der Waals surface area contributed by atoms with Gasteiger partial charge in [0.05, 0.1) is 22.1 Å². The van der Waals surface area contributed by atoms with Crippen molar-refractivity contribution in [3.63, 3.8) is 0 Å². The van der Waals surface area contributed by atoms with Crippen molar-refractivity contribution < 1.29 is 14.6 Å². The van der Waals surface area contributed by atoms with Crippen molar-refractivity contribution in [2.75, 3.05) is 17.7 Å². The van der Waals surface area contributed by atoms with Crippen LogP contribution in [-0.4, -0.2) is 46.7 Å². The molecule has 0 spiro atoms. The molecule has 11 nitrogen and oxygen atoms in total. The van der Waals surface area contributed by atoms with Crippen LogP contribution in [0.4, 0.5) is 11.6 Å². The topological polar surface area (TPSA) is 146 Å². The van der Waals surface area contributed by atoms with E-state index in [0.29, 0.717) is 35.8 Å². The van der Waals surface area contributed by atoms with E-state index in [2.05, 4.69) is 57.4 Å². The highest BCUT2D eigenvalue weighted by Crippen LogP contribution is 2.33. The monoisotopic (exact) mass is 834 g/mol. The van der Waals surface area contributed by atoms with Crippen molar-refractivity contribution in [1.82, 2.24) is 29.1 Å². The molecule has 0 radical (unpaired) electrons. The number of nitrogens with one attached hydrogen (secondary N) is 1. The van der Waals surface area contributed by atoms with Gasteiger partial charge in [0.25, 0.3) is 5.91 Å². The molecule has 4 N–H and O–H groups in total. The van der Waals surface area contributed by atoms with Crippen LogP contribution in [0.25, 0.3) is 43.9 Å². The summed E-state index contributed by atoms with van der Waals surface area (Å²) in [6, 6.07) is 40.4. The predicted octanol–water partition coefficient (Wildman–Crippen LogP) is 10.5. The maximum absolute atomic E-state index is 13.0. The van der Waals surface area contributed by atoms with Gasteiger partial charge < -0.3 is 30.0 Å². The Morgan fingerprint density at radius 1 is 0.683 bits per heavy atom. The number of nitrogen functional groups attached to an aromatic ring is 1. The highest BCUT2D eigenvalue weighted by Gasteiger charge is 2.21. The number of carbonyl (C=O) groups excluding carboxylic acids is 1. The quantitative estimate of drug-likeness (QED) is 0.0918. The van der Waals surface area contributed by atoms with E-state index in [1.807, 2.05) is 84.9 Å². The number of imidazole rings is 2. The number of phenolic OH excluding ortho intramolecular Hbond substituents is 1. The van der Waals surface area contributed by atoms with Crippen molar-refractivity contribution >= 4 is 61.4 Å². The first-order valence-electron chi connectivity index (χ1n) is 21.5. The number of nitrogens with zero attached hydrogens (tertiary/aromatic N) is 6. The molecule has 316 valence electrons. The fourth-order valence-corrected chi connectivity index (χ4v) is 7.82. The summed E-state index contributed by atoms with van der Waals surface area (Å²) in [6.45, 7) is 5.93. The highest BCUT2D eigenvalue weighted by atomic mass is 16.5. The van der Waals surface area contributed by atoms with Gasteiger partial charge in [-0.3, -0.25) is 4.79 Å². The Labute approximate surface area is 366 Å². The summed E-state index contributed by atoms with van der Waals surface area (Å²) < 4.78 is 9.99. The molecular weight excluding hydrogens is 785 g/mol. The van der Waals surface area contributed by atoms with E-state index in [1.165, 1.54) is 0 Å². The number of nitrogens with two attached hydrogens (primary N) is 1. The number of ether oxygens (including phenoxy) is 1. The number of para-hydroxylation sites is 2. The highest BCUT2D eigenvalue weighted by molar-refractivity contribution is 6.12. The van der Waals surface area contributed by atoms with Gasteiger partial charge in [0.1, 0.15) is 40.8 Å². The first-order chi connectivity index (χ1) is 30.8. The van der Waals surface area contributed by atoms with E-state index in [4.69, 9.17) is 31.8 Å². The van der Waals surface area contributed by atoms with Crippen molar-refractivity contribution in [1.29, 1.82) is 0 Å². The van der Waals surface area contributed by atoms with Gasteiger partial charge in [0.2, 0.25) is 0 Å². The van der Waals surface area contributed by atoms with Crippen LogP contribution in [-0.2, 0) is 25.9 Å². The summed E-state index contributed by atoms with van der Waals surface area (Å²) in [6.07, 6.45) is 11.2. The van der Waals surface area contributed by atoms with Crippen molar-refractivity contribution in [2.24, 2.45) is 0 Å². The second-order valence-electron chi connectivity index (χ2n) is 15.4. The summed E-state index contributed by atoms with van der Waals surface area (Å²) in [4.78, 5) is 32.2. The number of aryl methyl sites for hydroxylation is 2. The van der Waals surface area contributed by atoms with Crippen LogP contribution < -0.4 is 15.8 Å². The summed E-state index contributed by atoms with van der Waals surface area (Å²) in [5.41, 5.74) is 14.2. The van der Waals surface area contributed by atoms with Gasteiger partial charge in [-0.15, -0.1) is 6.42 Å². The molecular formula is C52H50N8O3. The molecule has 9 rings (SSSR count). The minimum Gasteiger partial charge on any atom is -0.508 e. The fourth-order valence-electron chi connectivity index (χ4n) is 7.82. The number of anilines is 2. The van der Waals surface area contributed by atoms with Crippen LogP contribution in [0.2, 0.25) is 0 Å². The first kappa shape index (κ1) is 42.0. The summed E-state index contributed by atoms with van der Waals surface area (Å²) >= 11 is 0. The number of terminal acetylenes is 1. The second-order valence-corrected chi connectivity index (χ2v) is 15.4. The average Bonchev–Trinajstić information content (AvgIpc) is 3.87. The van der Waals surface area contributed by atoms with E-state index in [-0.39, 0.29) is 18.3 Å². The van der Waals surface area contributed by atoms with Crippen molar-refractivity contribution in [3.8, 4) is 23.8 Å². The maximum Gasteiger partial charge on any atom is 0.256 e. The van der Waals surface area contributed by atoms with Gasteiger partial charge in [0.15, 0.2) is 11.6 Å². The van der Waals surface area contributed by atoms with E-state index in [1.54, 1.807) is 24.3 Å². The smallest absolute Gasteiger partial charge is 0.256 e. The average molecular weight is 835 g/mol. The van der Waals surface area contributed by atoms with Crippen LogP contribution in [0.3, 0.4) is 0 Å². The summed E-state index contributed by atoms with van der Waals surface area (Å²) in [5, 5.41) is 14.8. The molecule has 9 aromatic rings. The fraction of sp³-hybridized carbons (Fsp3) is 0.212. The van der Waals surface area contributed by atoms with Crippen LogP contribution in [0, 0.1) is 12.3 Å². The molecule has 0 aliphatic rings. The Bertz CT molecular complexity index is 3060. The van der Waals surface area contributed by atoms with E-state index >= 15 is 0 Å². The number of hydrogen-bond acceptors (Lipinski definition) is 8. The molecule has 0 aliphatic heterocycles. The molecule has 63 heavy (non-hydrogen) atoms. The Hall–Kier alpha value is -7.71. The first-order valence-corrected chi connectivity index (χ1v) is 21.5. The molecule has 4 aromatic heterocycles. The second kappa shape index (κ2) is 19.3. The molecule has 11 heteroatoms. The number of phenols is 1. The van der Waals surface area contributed by atoms with Gasteiger partial charge >= 0.3 is 0 Å². The zero-order valence-corrected chi connectivity index (χ0v) is 35.6.